The zero-order valence-corrected chi connectivity index (χ0v) is 11.7. The SMILES string of the molecule is CCCn1ncc(Cl)c1/C=C/CCNC(C)C. The van der Waals surface area contributed by atoms with E-state index in [1.54, 1.807) is 6.20 Å². The number of hydrogen-bond acceptors (Lipinski definition) is 2. The second kappa shape index (κ2) is 7.51. The lowest BCUT2D eigenvalue weighted by molar-refractivity contribution is 0.593. The molecule has 0 saturated carbocycles. The molecule has 1 rings (SSSR count). The highest BCUT2D eigenvalue weighted by Crippen LogP contribution is 2.17. The lowest BCUT2D eigenvalue weighted by Gasteiger charge is -2.05. The summed E-state index contributed by atoms with van der Waals surface area (Å²) in [6.07, 6.45) is 7.99. The van der Waals surface area contributed by atoms with Crippen molar-refractivity contribution in [3.8, 4) is 0 Å². The number of aromatic nitrogens is 2. The molecule has 1 heterocycles. The van der Waals surface area contributed by atoms with E-state index in [0.29, 0.717) is 6.04 Å². The summed E-state index contributed by atoms with van der Waals surface area (Å²) in [6, 6.07) is 0.539. The summed E-state index contributed by atoms with van der Waals surface area (Å²) in [5, 5.41) is 8.35. The molecule has 17 heavy (non-hydrogen) atoms. The molecule has 1 aromatic rings. The highest BCUT2D eigenvalue weighted by Gasteiger charge is 2.04. The van der Waals surface area contributed by atoms with Crippen molar-refractivity contribution >= 4 is 17.7 Å². The van der Waals surface area contributed by atoms with Gasteiger partial charge < -0.3 is 5.32 Å². The minimum absolute atomic E-state index is 0.539. The molecule has 4 heteroatoms. The Morgan fingerprint density at radius 2 is 2.29 bits per heavy atom. The summed E-state index contributed by atoms with van der Waals surface area (Å²) >= 11 is 6.09. The maximum Gasteiger partial charge on any atom is 0.0859 e. The van der Waals surface area contributed by atoms with Gasteiger partial charge in [-0.1, -0.05) is 38.4 Å². The van der Waals surface area contributed by atoms with Crippen LogP contribution in [0.2, 0.25) is 5.02 Å². The minimum Gasteiger partial charge on any atom is -0.314 e. The fourth-order valence-electron chi connectivity index (χ4n) is 1.58. The van der Waals surface area contributed by atoms with Gasteiger partial charge in [-0.05, 0) is 25.5 Å². The van der Waals surface area contributed by atoms with Crippen molar-refractivity contribution in [2.45, 2.75) is 46.2 Å². The Morgan fingerprint density at radius 3 is 2.94 bits per heavy atom. The first-order chi connectivity index (χ1) is 8.15. The van der Waals surface area contributed by atoms with Crippen molar-refractivity contribution < 1.29 is 0 Å². The van der Waals surface area contributed by atoms with E-state index in [1.165, 1.54) is 0 Å². The molecule has 0 radical (unpaired) electrons. The molecular weight excluding hydrogens is 234 g/mol. The van der Waals surface area contributed by atoms with Gasteiger partial charge in [0, 0.05) is 12.6 Å². The van der Waals surface area contributed by atoms with Crippen molar-refractivity contribution in [2.24, 2.45) is 0 Å². The van der Waals surface area contributed by atoms with Crippen molar-refractivity contribution in [2.75, 3.05) is 6.54 Å². The van der Waals surface area contributed by atoms with Gasteiger partial charge in [0.1, 0.15) is 0 Å². The number of nitrogens with zero attached hydrogens (tertiary/aromatic N) is 2. The normalized spacial score (nSPS) is 11.8. The molecule has 1 aromatic heterocycles. The molecule has 0 unspecified atom stereocenters. The Bertz CT molecular complexity index is 356. The van der Waals surface area contributed by atoms with E-state index in [0.717, 1.165) is 36.6 Å². The smallest absolute Gasteiger partial charge is 0.0859 e. The van der Waals surface area contributed by atoms with Crippen LogP contribution in [0, 0.1) is 0 Å². The fourth-order valence-corrected chi connectivity index (χ4v) is 1.78. The molecule has 0 aliphatic heterocycles. The van der Waals surface area contributed by atoms with Crippen LogP contribution in [0.5, 0.6) is 0 Å². The third kappa shape index (κ3) is 4.92. The fraction of sp³-hybridized carbons (Fsp3) is 0.615. The molecular formula is C13H22ClN3. The third-order valence-corrected chi connectivity index (χ3v) is 2.70. The van der Waals surface area contributed by atoms with Gasteiger partial charge in [-0.2, -0.15) is 5.10 Å². The van der Waals surface area contributed by atoms with E-state index in [2.05, 4.69) is 43.3 Å². The first-order valence-corrected chi connectivity index (χ1v) is 6.64. The summed E-state index contributed by atoms with van der Waals surface area (Å²) in [7, 11) is 0. The molecule has 0 amide bonds. The Morgan fingerprint density at radius 1 is 1.53 bits per heavy atom. The van der Waals surface area contributed by atoms with Gasteiger partial charge in [0.15, 0.2) is 0 Å². The van der Waals surface area contributed by atoms with Crippen molar-refractivity contribution in [3.63, 3.8) is 0 Å². The quantitative estimate of drug-likeness (QED) is 0.758. The van der Waals surface area contributed by atoms with Crippen LogP contribution >= 0.6 is 11.6 Å². The van der Waals surface area contributed by atoms with Crippen LogP contribution in [0.4, 0.5) is 0 Å². The molecule has 1 N–H and O–H groups in total. The Hall–Kier alpha value is -0.800. The molecule has 3 nitrogen and oxygen atoms in total. The molecule has 0 aliphatic carbocycles. The average molecular weight is 256 g/mol. The predicted molar refractivity (Wildman–Crippen MR) is 74.3 cm³/mol. The largest absolute Gasteiger partial charge is 0.314 e. The van der Waals surface area contributed by atoms with Crippen LogP contribution in [-0.2, 0) is 6.54 Å². The van der Waals surface area contributed by atoms with Gasteiger partial charge >= 0.3 is 0 Å². The van der Waals surface area contributed by atoms with E-state index >= 15 is 0 Å². The standard InChI is InChI=1S/C13H22ClN3/c1-4-9-17-13(12(14)10-16-17)7-5-6-8-15-11(2)3/h5,7,10-11,15H,4,6,8-9H2,1-3H3/b7-5+. The van der Waals surface area contributed by atoms with Crippen LogP contribution in [0.1, 0.15) is 39.3 Å². The average Bonchev–Trinajstić information content (AvgIpc) is 2.61. The number of halogens is 1. The maximum atomic E-state index is 6.09. The van der Waals surface area contributed by atoms with Crippen molar-refractivity contribution in [3.05, 3.63) is 23.0 Å². The predicted octanol–water partition coefficient (Wildman–Crippen LogP) is 3.35. The van der Waals surface area contributed by atoms with E-state index in [-0.39, 0.29) is 0 Å². The van der Waals surface area contributed by atoms with Gasteiger partial charge in [0.25, 0.3) is 0 Å². The van der Waals surface area contributed by atoms with Gasteiger partial charge in [-0.3, -0.25) is 4.68 Å². The molecule has 0 aromatic carbocycles. The maximum absolute atomic E-state index is 6.09. The molecule has 0 fully saturated rings. The van der Waals surface area contributed by atoms with E-state index in [1.807, 2.05) is 4.68 Å². The molecule has 0 aliphatic rings. The highest BCUT2D eigenvalue weighted by atomic mass is 35.5. The lowest BCUT2D eigenvalue weighted by Crippen LogP contribution is -2.23. The molecule has 96 valence electrons. The van der Waals surface area contributed by atoms with Crippen LogP contribution < -0.4 is 5.32 Å². The molecule has 0 bridgehead atoms. The van der Waals surface area contributed by atoms with Gasteiger partial charge in [-0.15, -0.1) is 0 Å². The highest BCUT2D eigenvalue weighted by molar-refractivity contribution is 6.31. The lowest BCUT2D eigenvalue weighted by atomic mass is 10.3. The third-order valence-electron chi connectivity index (χ3n) is 2.41. The first-order valence-electron chi connectivity index (χ1n) is 6.26. The summed E-state index contributed by atoms with van der Waals surface area (Å²) in [5.74, 6) is 0. The Balaban J connectivity index is 2.49. The molecule has 0 atom stereocenters. The van der Waals surface area contributed by atoms with Crippen molar-refractivity contribution in [1.29, 1.82) is 0 Å². The summed E-state index contributed by atoms with van der Waals surface area (Å²) < 4.78 is 1.95. The topological polar surface area (TPSA) is 29.9 Å². The van der Waals surface area contributed by atoms with E-state index in [9.17, 15) is 0 Å². The zero-order chi connectivity index (χ0) is 12.7. The second-order valence-corrected chi connectivity index (χ2v) is 4.81. The van der Waals surface area contributed by atoms with Gasteiger partial charge in [-0.25, -0.2) is 0 Å². The number of nitrogens with one attached hydrogen (secondary N) is 1. The van der Waals surface area contributed by atoms with Gasteiger partial charge in [0.2, 0.25) is 0 Å². The summed E-state index contributed by atoms with van der Waals surface area (Å²) in [4.78, 5) is 0. The zero-order valence-electron chi connectivity index (χ0n) is 10.9. The first kappa shape index (κ1) is 14.3. The van der Waals surface area contributed by atoms with Crippen molar-refractivity contribution in [1.82, 2.24) is 15.1 Å². The van der Waals surface area contributed by atoms with Crippen LogP contribution in [-0.4, -0.2) is 22.4 Å². The number of aryl methyl sites for hydroxylation is 1. The Labute approximate surface area is 109 Å². The van der Waals surface area contributed by atoms with Crippen LogP contribution in [0.25, 0.3) is 6.08 Å². The number of rotatable bonds is 7. The van der Waals surface area contributed by atoms with Crippen LogP contribution in [0.15, 0.2) is 12.3 Å². The van der Waals surface area contributed by atoms with Gasteiger partial charge in [0.05, 0.1) is 16.9 Å². The van der Waals surface area contributed by atoms with E-state index in [4.69, 9.17) is 11.6 Å². The monoisotopic (exact) mass is 255 g/mol. The second-order valence-electron chi connectivity index (χ2n) is 4.40. The summed E-state index contributed by atoms with van der Waals surface area (Å²) in [5.41, 5.74) is 1.01. The van der Waals surface area contributed by atoms with Crippen LogP contribution in [0.3, 0.4) is 0 Å². The van der Waals surface area contributed by atoms with E-state index < -0.39 is 0 Å². The Kier molecular flexibility index (Phi) is 6.30. The summed E-state index contributed by atoms with van der Waals surface area (Å²) in [6.45, 7) is 8.34. The molecule has 0 saturated heterocycles. The minimum atomic E-state index is 0.539. The molecule has 0 spiro atoms. The number of hydrogen-bond donors (Lipinski definition) is 1.